The Morgan fingerprint density at radius 2 is 2.13 bits per heavy atom. The Hall–Kier alpha value is -0.680. The summed E-state index contributed by atoms with van der Waals surface area (Å²) in [7, 11) is 0. The molecule has 0 radical (unpaired) electrons. The minimum absolute atomic E-state index is 0.218. The molecule has 15 heavy (non-hydrogen) atoms. The minimum atomic E-state index is -0.336. The number of hydrogen-bond donors (Lipinski definition) is 2. The molecule has 1 aromatic rings. The average molecular weight is 291 g/mol. The van der Waals surface area contributed by atoms with Gasteiger partial charge in [0.1, 0.15) is 5.82 Å². The molecule has 5 heteroatoms. The molecule has 0 aliphatic heterocycles. The molecule has 2 N–H and O–H groups in total. The van der Waals surface area contributed by atoms with Gasteiger partial charge in [-0.2, -0.15) is 0 Å². The molecular formula is C10H12BrFN2S. The summed E-state index contributed by atoms with van der Waals surface area (Å²) in [4.78, 5) is 0. The molecular weight excluding hydrogens is 279 g/mol. The summed E-state index contributed by atoms with van der Waals surface area (Å²) >= 11 is 8.27. The predicted molar refractivity (Wildman–Crippen MR) is 68.6 cm³/mol. The molecule has 0 saturated heterocycles. The Morgan fingerprint density at radius 3 is 2.67 bits per heavy atom. The first-order valence-electron chi connectivity index (χ1n) is 4.52. The zero-order chi connectivity index (χ0) is 11.4. The highest BCUT2D eigenvalue weighted by molar-refractivity contribution is 9.10. The van der Waals surface area contributed by atoms with E-state index in [0.717, 1.165) is 0 Å². The van der Waals surface area contributed by atoms with Gasteiger partial charge in [0.25, 0.3) is 0 Å². The average Bonchev–Trinajstić information content (AvgIpc) is 2.10. The van der Waals surface area contributed by atoms with Crippen molar-refractivity contribution in [2.75, 3.05) is 5.32 Å². The molecule has 1 aromatic carbocycles. The fourth-order valence-electron chi connectivity index (χ4n) is 1.03. The molecule has 2 nitrogen and oxygen atoms in total. The number of hydrogen-bond acceptors (Lipinski definition) is 1. The van der Waals surface area contributed by atoms with Crippen molar-refractivity contribution in [2.24, 2.45) is 0 Å². The van der Waals surface area contributed by atoms with Gasteiger partial charge < -0.3 is 10.6 Å². The van der Waals surface area contributed by atoms with E-state index in [2.05, 4.69) is 26.6 Å². The van der Waals surface area contributed by atoms with E-state index < -0.39 is 0 Å². The third-order valence-corrected chi connectivity index (χ3v) is 2.50. The number of nitrogens with one attached hydrogen (secondary N) is 2. The van der Waals surface area contributed by atoms with Crippen LogP contribution >= 0.6 is 28.1 Å². The Kier molecular flexibility index (Phi) is 4.47. The molecule has 1 rings (SSSR count). The number of rotatable bonds is 2. The number of halogens is 2. The zero-order valence-corrected chi connectivity index (χ0v) is 10.9. The van der Waals surface area contributed by atoms with Crippen LogP contribution in [0.3, 0.4) is 0 Å². The Morgan fingerprint density at radius 1 is 1.47 bits per heavy atom. The van der Waals surface area contributed by atoms with Crippen molar-refractivity contribution in [3.05, 3.63) is 28.5 Å². The number of thiocarbonyl (C=S) groups is 1. The maximum Gasteiger partial charge on any atom is 0.171 e. The minimum Gasteiger partial charge on any atom is -0.360 e. The van der Waals surface area contributed by atoms with E-state index in [1.165, 1.54) is 6.07 Å². The molecule has 0 amide bonds. The summed E-state index contributed by atoms with van der Waals surface area (Å²) in [6.07, 6.45) is 0. The number of para-hydroxylation sites is 1. The van der Waals surface area contributed by atoms with Gasteiger partial charge in [-0.05, 0) is 54.1 Å². The second-order valence-corrected chi connectivity index (χ2v) is 4.61. The SMILES string of the molecule is CC(C)NC(=S)Nc1c(F)cccc1Br. The molecule has 0 heterocycles. The van der Waals surface area contributed by atoms with Crippen molar-refractivity contribution >= 4 is 38.9 Å². The van der Waals surface area contributed by atoms with E-state index in [0.29, 0.717) is 15.3 Å². The molecule has 0 atom stereocenters. The van der Waals surface area contributed by atoms with Crippen molar-refractivity contribution in [3.63, 3.8) is 0 Å². The second kappa shape index (κ2) is 5.42. The lowest BCUT2D eigenvalue weighted by Crippen LogP contribution is -2.34. The first-order chi connectivity index (χ1) is 7.00. The lowest BCUT2D eigenvalue weighted by atomic mass is 10.3. The number of benzene rings is 1. The van der Waals surface area contributed by atoms with Crippen LogP contribution in [0.25, 0.3) is 0 Å². The highest BCUT2D eigenvalue weighted by Gasteiger charge is 2.08. The van der Waals surface area contributed by atoms with E-state index in [-0.39, 0.29) is 11.9 Å². The molecule has 0 aliphatic carbocycles. The maximum atomic E-state index is 13.4. The topological polar surface area (TPSA) is 24.1 Å². The lowest BCUT2D eigenvalue weighted by Gasteiger charge is -2.14. The van der Waals surface area contributed by atoms with Gasteiger partial charge in [-0.3, -0.25) is 0 Å². The molecule has 0 saturated carbocycles. The zero-order valence-electron chi connectivity index (χ0n) is 8.47. The molecule has 0 aromatic heterocycles. The first-order valence-corrected chi connectivity index (χ1v) is 5.72. The van der Waals surface area contributed by atoms with Crippen LogP contribution in [-0.4, -0.2) is 11.2 Å². The van der Waals surface area contributed by atoms with E-state index in [1.54, 1.807) is 12.1 Å². The fourth-order valence-corrected chi connectivity index (χ4v) is 1.81. The fraction of sp³-hybridized carbons (Fsp3) is 0.300. The summed E-state index contributed by atoms with van der Waals surface area (Å²) in [6.45, 7) is 3.93. The van der Waals surface area contributed by atoms with E-state index >= 15 is 0 Å². The molecule has 0 unspecified atom stereocenters. The van der Waals surface area contributed by atoms with Crippen molar-refractivity contribution in [3.8, 4) is 0 Å². The van der Waals surface area contributed by atoms with Gasteiger partial charge in [-0.15, -0.1) is 0 Å². The van der Waals surface area contributed by atoms with Crippen molar-refractivity contribution in [1.29, 1.82) is 0 Å². The van der Waals surface area contributed by atoms with Crippen molar-refractivity contribution in [1.82, 2.24) is 5.32 Å². The van der Waals surface area contributed by atoms with Crippen LogP contribution in [0.1, 0.15) is 13.8 Å². The van der Waals surface area contributed by atoms with E-state index in [4.69, 9.17) is 12.2 Å². The van der Waals surface area contributed by atoms with E-state index in [9.17, 15) is 4.39 Å². The van der Waals surface area contributed by atoms with Crippen LogP contribution in [0.4, 0.5) is 10.1 Å². The maximum absolute atomic E-state index is 13.4. The largest absolute Gasteiger partial charge is 0.360 e. The standard InChI is InChI=1S/C10H12BrFN2S/c1-6(2)13-10(15)14-9-7(11)4-3-5-8(9)12/h3-6H,1-2H3,(H2,13,14,15). The quantitative estimate of drug-likeness (QED) is 0.818. The van der Waals surface area contributed by atoms with Gasteiger partial charge in [0, 0.05) is 10.5 Å². The van der Waals surface area contributed by atoms with Crippen LogP contribution in [-0.2, 0) is 0 Å². The molecule has 0 bridgehead atoms. The van der Waals surface area contributed by atoms with Gasteiger partial charge in [0.05, 0.1) is 5.69 Å². The summed E-state index contributed by atoms with van der Waals surface area (Å²) in [5.41, 5.74) is 0.357. The van der Waals surface area contributed by atoms with Crippen LogP contribution in [0.2, 0.25) is 0 Å². The molecule has 82 valence electrons. The first kappa shape index (κ1) is 12.4. The molecule has 0 aliphatic rings. The highest BCUT2D eigenvalue weighted by atomic mass is 79.9. The van der Waals surface area contributed by atoms with Crippen LogP contribution in [0.15, 0.2) is 22.7 Å². The van der Waals surface area contributed by atoms with Gasteiger partial charge in [-0.25, -0.2) is 4.39 Å². The number of anilines is 1. The van der Waals surface area contributed by atoms with Gasteiger partial charge in [-0.1, -0.05) is 6.07 Å². The van der Waals surface area contributed by atoms with Gasteiger partial charge in [0.2, 0.25) is 0 Å². The monoisotopic (exact) mass is 290 g/mol. The smallest absolute Gasteiger partial charge is 0.171 e. The normalized spacial score (nSPS) is 10.2. The summed E-state index contributed by atoms with van der Waals surface area (Å²) in [5, 5.41) is 6.20. The third kappa shape index (κ3) is 3.76. The second-order valence-electron chi connectivity index (χ2n) is 3.35. The predicted octanol–water partition coefficient (Wildman–Crippen LogP) is 3.28. The van der Waals surface area contributed by atoms with Gasteiger partial charge in [0.15, 0.2) is 5.11 Å². The van der Waals surface area contributed by atoms with Crippen LogP contribution in [0.5, 0.6) is 0 Å². The lowest BCUT2D eigenvalue weighted by molar-refractivity contribution is 0.631. The Labute approximate surface area is 102 Å². The molecule has 0 fully saturated rings. The van der Waals surface area contributed by atoms with E-state index in [1.807, 2.05) is 13.8 Å². The van der Waals surface area contributed by atoms with Gasteiger partial charge >= 0.3 is 0 Å². The summed E-state index contributed by atoms with van der Waals surface area (Å²) < 4.78 is 14.0. The van der Waals surface area contributed by atoms with Crippen LogP contribution in [0, 0.1) is 5.82 Å². The summed E-state index contributed by atoms with van der Waals surface area (Å²) in [5.74, 6) is -0.336. The van der Waals surface area contributed by atoms with Crippen molar-refractivity contribution < 1.29 is 4.39 Å². The van der Waals surface area contributed by atoms with Crippen LogP contribution < -0.4 is 10.6 Å². The summed E-state index contributed by atoms with van der Waals surface area (Å²) in [6, 6.07) is 4.98. The highest BCUT2D eigenvalue weighted by Crippen LogP contribution is 2.24. The Balaban J connectivity index is 2.76. The molecule has 0 spiro atoms. The van der Waals surface area contributed by atoms with Crippen molar-refractivity contribution in [2.45, 2.75) is 19.9 Å². The third-order valence-electron chi connectivity index (χ3n) is 1.62. The Bertz CT molecular complexity index is 348.